The summed E-state index contributed by atoms with van der Waals surface area (Å²) in [6.07, 6.45) is -4.58. The van der Waals surface area contributed by atoms with Crippen LogP contribution in [0.2, 0.25) is 0 Å². The predicted octanol–water partition coefficient (Wildman–Crippen LogP) is 2.70. The van der Waals surface area contributed by atoms with E-state index in [9.17, 15) is 18.0 Å². The van der Waals surface area contributed by atoms with Crippen molar-refractivity contribution in [2.24, 2.45) is 10.9 Å². The lowest BCUT2D eigenvalue weighted by Crippen LogP contribution is -2.22. The van der Waals surface area contributed by atoms with E-state index in [1.165, 1.54) is 25.2 Å². The molecule has 0 aliphatic rings. The van der Waals surface area contributed by atoms with Gasteiger partial charge in [-0.25, -0.2) is 4.79 Å². The van der Waals surface area contributed by atoms with Crippen LogP contribution >= 0.6 is 11.3 Å². The molecule has 2 rings (SSSR count). The van der Waals surface area contributed by atoms with E-state index in [0.717, 1.165) is 10.7 Å². The molecular weight excluding hydrogens is 333 g/mol. The van der Waals surface area contributed by atoms with Gasteiger partial charge in [0, 0.05) is 5.69 Å². The number of amidine groups is 1. The van der Waals surface area contributed by atoms with E-state index < -0.39 is 23.9 Å². The van der Waals surface area contributed by atoms with Gasteiger partial charge in [0.25, 0.3) is 0 Å². The second-order valence-corrected chi connectivity index (χ2v) is 5.60. The molecule has 10 heteroatoms. The Morgan fingerprint density at radius 2 is 2.22 bits per heavy atom. The Labute approximate surface area is 133 Å². The van der Waals surface area contributed by atoms with Crippen molar-refractivity contribution >= 4 is 23.1 Å². The molecule has 124 valence electrons. The first-order chi connectivity index (χ1) is 10.7. The van der Waals surface area contributed by atoms with Crippen molar-refractivity contribution in [3.8, 4) is 0 Å². The molecule has 0 fully saturated rings. The highest BCUT2D eigenvalue weighted by molar-refractivity contribution is 7.12. The smallest absolute Gasteiger partial charge is 0.380 e. The first-order valence-electron chi connectivity index (χ1n) is 6.41. The summed E-state index contributed by atoms with van der Waals surface area (Å²) in [5, 5.41) is 8.65. The molecule has 0 amide bonds. The number of thiophene rings is 1. The highest BCUT2D eigenvalue weighted by Crippen LogP contribution is 2.29. The van der Waals surface area contributed by atoms with Gasteiger partial charge in [0.05, 0.1) is 4.88 Å². The zero-order valence-electron chi connectivity index (χ0n) is 12.2. The van der Waals surface area contributed by atoms with E-state index in [4.69, 9.17) is 5.73 Å². The van der Waals surface area contributed by atoms with Gasteiger partial charge < -0.3 is 10.6 Å². The van der Waals surface area contributed by atoms with Gasteiger partial charge in [-0.2, -0.15) is 18.3 Å². The van der Waals surface area contributed by atoms with Crippen molar-refractivity contribution in [1.82, 2.24) is 9.78 Å². The van der Waals surface area contributed by atoms with Crippen LogP contribution in [-0.4, -0.2) is 21.6 Å². The number of nitrogens with two attached hydrogens (primary N) is 1. The van der Waals surface area contributed by atoms with Gasteiger partial charge in [-0.15, -0.1) is 11.3 Å². The number of carbonyl (C=O) groups excluding carboxylic acids is 1. The minimum absolute atomic E-state index is 0.00807. The first kappa shape index (κ1) is 17.0. The number of alkyl halides is 3. The normalized spacial score (nSPS) is 13.9. The Morgan fingerprint density at radius 3 is 2.74 bits per heavy atom. The van der Waals surface area contributed by atoms with Gasteiger partial charge in [-0.1, -0.05) is 11.2 Å². The van der Waals surface area contributed by atoms with Crippen molar-refractivity contribution in [1.29, 1.82) is 0 Å². The summed E-state index contributed by atoms with van der Waals surface area (Å²) in [4.78, 5) is 17.2. The molecule has 2 heterocycles. The molecule has 0 aliphatic carbocycles. The van der Waals surface area contributed by atoms with Crippen LogP contribution in [0.4, 0.5) is 13.2 Å². The standard InChI is InChI=1S/C13H13F3N4O2S/c1-7-6-10(13(14,15)16)18-20(7)8(2)12(21)22-19-11(17)9-4-3-5-23-9/h3-6,8H,1-2H3,(H2,17,19). The van der Waals surface area contributed by atoms with Gasteiger partial charge in [0.1, 0.15) is 6.04 Å². The molecule has 23 heavy (non-hydrogen) atoms. The van der Waals surface area contributed by atoms with Crippen LogP contribution in [0.1, 0.15) is 29.2 Å². The minimum Gasteiger partial charge on any atom is -0.380 e. The number of rotatable bonds is 4. The average Bonchev–Trinajstić information content (AvgIpc) is 3.12. The van der Waals surface area contributed by atoms with Crippen LogP contribution < -0.4 is 5.73 Å². The summed E-state index contributed by atoms with van der Waals surface area (Å²) in [6, 6.07) is 3.21. The summed E-state index contributed by atoms with van der Waals surface area (Å²) in [6.45, 7) is 2.77. The molecule has 0 saturated heterocycles. The molecule has 6 nitrogen and oxygen atoms in total. The number of aromatic nitrogens is 2. The third kappa shape index (κ3) is 3.89. The number of hydrogen-bond acceptors (Lipinski definition) is 5. The van der Waals surface area contributed by atoms with Crippen molar-refractivity contribution in [3.05, 3.63) is 39.8 Å². The van der Waals surface area contributed by atoms with E-state index in [2.05, 4.69) is 15.1 Å². The molecule has 0 bridgehead atoms. The molecule has 0 spiro atoms. The van der Waals surface area contributed by atoms with Crippen LogP contribution in [-0.2, 0) is 15.8 Å². The zero-order chi connectivity index (χ0) is 17.2. The predicted molar refractivity (Wildman–Crippen MR) is 77.8 cm³/mol. The SMILES string of the molecule is Cc1cc(C(F)(F)F)nn1C(C)C(=O)O/N=C(\N)c1cccs1. The van der Waals surface area contributed by atoms with E-state index in [0.29, 0.717) is 4.88 Å². The molecule has 0 aromatic carbocycles. The summed E-state index contributed by atoms with van der Waals surface area (Å²) in [7, 11) is 0. The molecule has 1 unspecified atom stereocenters. The highest BCUT2D eigenvalue weighted by Gasteiger charge is 2.35. The molecule has 0 aliphatic heterocycles. The fourth-order valence-corrected chi connectivity index (χ4v) is 2.38. The monoisotopic (exact) mass is 346 g/mol. The summed E-state index contributed by atoms with van der Waals surface area (Å²) < 4.78 is 38.8. The van der Waals surface area contributed by atoms with Gasteiger partial charge in [0.15, 0.2) is 11.5 Å². The Bertz CT molecular complexity index is 722. The molecular formula is C13H13F3N4O2S. The summed E-state index contributed by atoms with van der Waals surface area (Å²) >= 11 is 1.31. The molecule has 2 aromatic rings. The highest BCUT2D eigenvalue weighted by atomic mass is 32.1. The van der Waals surface area contributed by atoms with E-state index in [1.807, 2.05) is 0 Å². The maximum atomic E-state index is 12.6. The molecule has 2 aromatic heterocycles. The number of hydrogen-bond donors (Lipinski definition) is 1. The van der Waals surface area contributed by atoms with Gasteiger partial charge in [0.2, 0.25) is 0 Å². The quantitative estimate of drug-likeness (QED) is 0.399. The third-order valence-electron chi connectivity index (χ3n) is 2.93. The lowest BCUT2D eigenvalue weighted by Gasteiger charge is -2.11. The second kappa shape index (κ2) is 6.41. The van der Waals surface area contributed by atoms with Crippen LogP contribution in [0.5, 0.6) is 0 Å². The summed E-state index contributed by atoms with van der Waals surface area (Å²) in [5.74, 6) is -0.863. The maximum absolute atomic E-state index is 12.6. The van der Waals surface area contributed by atoms with Crippen LogP contribution in [0, 0.1) is 6.92 Å². The maximum Gasteiger partial charge on any atom is 0.435 e. The lowest BCUT2D eigenvalue weighted by molar-refractivity contribution is -0.148. The Balaban J connectivity index is 2.11. The lowest BCUT2D eigenvalue weighted by atomic mass is 10.3. The largest absolute Gasteiger partial charge is 0.435 e. The number of aryl methyl sites for hydroxylation is 1. The van der Waals surface area contributed by atoms with E-state index in [1.54, 1.807) is 17.5 Å². The fourth-order valence-electron chi connectivity index (χ4n) is 1.76. The van der Waals surface area contributed by atoms with Crippen LogP contribution in [0.15, 0.2) is 28.7 Å². The fraction of sp³-hybridized carbons (Fsp3) is 0.308. The van der Waals surface area contributed by atoms with Gasteiger partial charge >= 0.3 is 12.1 Å². The number of halogens is 3. The van der Waals surface area contributed by atoms with E-state index >= 15 is 0 Å². The molecule has 0 radical (unpaired) electrons. The minimum atomic E-state index is -4.58. The Kier molecular flexibility index (Phi) is 4.73. The number of oxime groups is 1. The van der Waals surface area contributed by atoms with Crippen molar-refractivity contribution in [2.45, 2.75) is 26.1 Å². The summed E-state index contributed by atoms with van der Waals surface area (Å²) in [5.41, 5.74) is 4.73. The third-order valence-corrected chi connectivity index (χ3v) is 3.82. The Hall–Kier alpha value is -2.36. The number of nitrogens with zero attached hydrogens (tertiary/aromatic N) is 3. The van der Waals surface area contributed by atoms with Crippen LogP contribution in [0.25, 0.3) is 0 Å². The van der Waals surface area contributed by atoms with Crippen LogP contribution in [0.3, 0.4) is 0 Å². The molecule has 1 atom stereocenters. The van der Waals surface area contributed by atoms with Crippen molar-refractivity contribution < 1.29 is 22.8 Å². The first-order valence-corrected chi connectivity index (χ1v) is 7.29. The Morgan fingerprint density at radius 1 is 1.52 bits per heavy atom. The topological polar surface area (TPSA) is 82.5 Å². The van der Waals surface area contributed by atoms with Gasteiger partial charge in [-0.05, 0) is 31.4 Å². The van der Waals surface area contributed by atoms with Gasteiger partial charge in [-0.3, -0.25) is 4.68 Å². The van der Waals surface area contributed by atoms with Crippen molar-refractivity contribution in [3.63, 3.8) is 0 Å². The zero-order valence-corrected chi connectivity index (χ0v) is 13.0. The molecule has 2 N–H and O–H groups in total. The van der Waals surface area contributed by atoms with Crippen molar-refractivity contribution in [2.75, 3.05) is 0 Å². The van der Waals surface area contributed by atoms with E-state index in [-0.39, 0.29) is 11.5 Å². The molecule has 0 saturated carbocycles. The average molecular weight is 346 g/mol. The second-order valence-electron chi connectivity index (χ2n) is 4.65. The number of carbonyl (C=O) groups is 1.